The van der Waals surface area contributed by atoms with E-state index >= 15 is 0 Å². The molecule has 0 aliphatic rings. The fourth-order valence-electron chi connectivity index (χ4n) is 2.20. The van der Waals surface area contributed by atoms with Gasteiger partial charge in [-0.25, -0.2) is 0 Å². The number of carbonyl (C=O) groups excluding carboxylic acids is 1. The van der Waals surface area contributed by atoms with Gasteiger partial charge >= 0.3 is 0 Å². The molecule has 1 amide bonds. The van der Waals surface area contributed by atoms with Crippen LogP contribution in [0.25, 0.3) is 10.8 Å². The van der Waals surface area contributed by atoms with E-state index in [1.165, 1.54) is 0 Å². The van der Waals surface area contributed by atoms with Crippen LogP contribution in [-0.4, -0.2) is 5.91 Å². The number of rotatable bonds is 2. The number of fused-ring (bicyclic) bond motifs is 1. The highest BCUT2D eigenvalue weighted by Gasteiger charge is 2.09. The quantitative estimate of drug-likeness (QED) is 0.641. The molecule has 2 nitrogen and oxygen atoms in total. The molecular weight excluding hydrogens is 350 g/mol. The highest BCUT2D eigenvalue weighted by Crippen LogP contribution is 2.30. The van der Waals surface area contributed by atoms with Gasteiger partial charge in [0.15, 0.2) is 0 Å². The van der Waals surface area contributed by atoms with E-state index < -0.39 is 0 Å². The minimum absolute atomic E-state index is 0.176. The predicted molar refractivity (Wildman–Crippen MR) is 91.1 cm³/mol. The van der Waals surface area contributed by atoms with Crippen molar-refractivity contribution in [1.29, 1.82) is 0 Å². The summed E-state index contributed by atoms with van der Waals surface area (Å²) in [6.45, 7) is 0. The average Bonchev–Trinajstić information content (AvgIpc) is 2.50. The molecular formula is C17H11BrClNO. The van der Waals surface area contributed by atoms with E-state index in [-0.39, 0.29) is 5.91 Å². The van der Waals surface area contributed by atoms with Crippen LogP contribution in [0, 0.1) is 0 Å². The second-order valence-corrected chi connectivity index (χ2v) is 5.90. The highest BCUT2D eigenvalue weighted by molar-refractivity contribution is 9.10. The summed E-state index contributed by atoms with van der Waals surface area (Å²) in [7, 11) is 0. The van der Waals surface area contributed by atoms with Gasteiger partial charge in [-0.15, -0.1) is 0 Å². The zero-order chi connectivity index (χ0) is 14.8. The Kier molecular flexibility index (Phi) is 3.95. The van der Waals surface area contributed by atoms with Gasteiger partial charge < -0.3 is 5.32 Å². The van der Waals surface area contributed by atoms with E-state index in [0.29, 0.717) is 10.6 Å². The predicted octanol–water partition coefficient (Wildman–Crippen LogP) is 5.51. The zero-order valence-corrected chi connectivity index (χ0v) is 13.3. The van der Waals surface area contributed by atoms with Crippen molar-refractivity contribution in [3.05, 3.63) is 75.7 Å². The molecule has 21 heavy (non-hydrogen) atoms. The molecule has 0 aliphatic carbocycles. The fourth-order valence-corrected chi connectivity index (χ4v) is 2.86. The van der Waals surface area contributed by atoms with Gasteiger partial charge in [0.05, 0.1) is 0 Å². The third-order valence-corrected chi connectivity index (χ3v) is 4.13. The van der Waals surface area contributed by atoms with Gasteiger partial charge in [-0.1, -0.05) is 57.9 Å². The molecule has 0 unspecified atom stereocenters. The van der Waals surface area contributed by atoms with Crippen LogP contribution in [0.1, 0.15) is 10.4 Å². The highest BCUT2D eigenvalue weighted by atomic mass is 79.9. The summed E-state index contributed by atoms with van der Waals surface area (Å²) >= 11 is 9.44. The van der Waals surface area contributed by atoms with E-state index in [9.17, 15) is 4.79 Å². The first-order valence-electron chi connectivity index (χ1n) is 6.39. The van der Waals surface area contributed by atoms with Crippen LogP contribution in [0.5, 0.6) is 0 Å². The Morgan fingerprint density at radius 1 is 0.952 bits per heavy atom. The molecule has 0 fully saturated rings. The maximum absolute atomic E-state index is 12.3. The minimum Gasteiger partial charge on any atom is -0.321 e. The third kappa shape index (κ3) is 2.94. The summed E-state index contributed by atoms with van der Waals surface area (Å²) in [5.74, 6) is -0.176. The van der Waals surface area contributed by atoms with Gasteiger partial charge in [-0.3, -0.25) is 4.79 Å². The van der Waals surface area contributed by atoms with Gasteiger partial charge in [-0.05, 0) is 35.7 Å². The zero-order valence-electron chi connectivity index (χ0n) is 10.9. The van der Waals surface area contributed by atoms with E-state index in [4.69, 9.17) is 11.6 Å². The summed E-state index contributed by atoms with van der Waals surface area (Å²) in [6, 6.07) is 18.6. The SMILES string of the molecule is O=C(Nc1ccc(Br)c2ccccc12)c1cccc(Cl)c1. The topological polar surface area (TPSA) is 29.1 Å². The molecule has 104 valence electrons. The first kappa shape index (κ1) is 14.1. The number of amides is 1. The molecule has 3 aromatic carbocycles. The lowest BCUT2D eigenvalue weighted by molar-refractivity contribution is 0.102. The van der Waals surface area contributed by atoms with Crippen LogP contribution >= 0.6 is 27.5 Å². The van der Waals surface area contributed by atoms with Crippen molar-refractivity contribution in [2.75, 3.05) is 5.32 Å². The van der Waals surface area contributed by atoms with Gasteiger partial charge in [0.25, 0.3) is 5.91 Å². The number of hydrogen-bond acceptors (Lipinski definition) is 1. The van der Waals surface area contributed by atoms with Crippen molar-refractivity contribution in [2.45, 2.75) is 0 Å². The third-order valence-electron chi connectivity index (χ3n) is 3.21. The molecule has 0 atom stereocenters. The number of carbonyl (C=O) groups is 1. The van der Waals surface area contributed by atoms with Crippen LogP contribution in [0.15, 0.2) is 65.1 Å². The number of halogens is 2. The van der Waals surface area contributed by atoms with E-state index in [1.807, 2.05) is 36.4 Å². The van der Waals surface area contributed by atoms with Crippen molar-refractivity contribution in [3.63, 3.8) is 0 Å². The maximum Gasteiger partial charge on any atom is 0.255 e. The maximum atomic E-state index is 12.3. The molecule has 1 N–H and O–H groups in total. The Balaban J connectivity index is 1.99. The Bertz CT molecular complexity index is 832. The van der Waals surface area contributed by atoms with E-state index in [2.05, 4.69) is 21.2 Å². The monoisotopic (exact) mass is 359 g/mol. The first-order valence-corrected chi connectivity index (χ1v) is 7.56. The Morgan fingerprint density at radius 3 is 2.48 bits per heavy atom. The fraction of sp³-hybridized carbons (Fsp3) is 0. The lowest BCUT2D eigenvalue weighted by Crippen LogP contribution is -2.12. The molecule has 0 aliphatic heterocycles. The van der Waals surface area contributed by atoms with Crippen LogP contribution in [0.4, 0.5) is 5.69 Å². The van der Waals surface area contributed by atoms with Crippen molar-refractivity contribution in [2.24, 2.45) is 0 Å². The van der Waals surface area contributed by atoms with Crippen LogP contribution in [0.3, 0.4) is 0 Å². The molecule has 0 aromatic heterocycles. The lowest BCUT2D eigenvalue weighted by atomic mass is 10.1. The van der Waals surface area contributed by atoms with Gasteiger partial charge in [0.2, 0.25) is 0 Å². The standard InChI is InChI=1S/C17H11BrClNO/c18-15-8-9-16(14-7-2-1-6-13(14)15)20-17(21)11-4-3-5-12(19)10-11/h1-10H,(H,20,21). The summed E-state index contributed by atoms with van der Waals surface area (Å²) in [4.78, 5) is 12.3. The molecule has 3 aromatic rings. The summed E-state index contributed by atoms with van der Waals surface area (Å²) < 4.78 is 0.999. The second-order valence-electron chi connectivity index (χ2n) is 4.61. The summed E-state index contributed by atoms with van der Waals surface area (Å²) in [5, 5.41) is 5.53. The number of hydrogen-bond donors (Lipinski definition) is 1. The molecule has 4 heteroatoms. The number of benzene rings is 3. The van der Waals surface area contributed by atoms with Crippen LogP contribution in [0.2, 0.25) is 5.02 Å². The number of nitrogens with one attached hydrogen (secondary N) is 1. The molecule has 0 spiro atoms. The van der Waals surface area contributed by atoms with Gasteiger partial charge in [0, 0.05) is 26.1 Å². The molecule has 0 saturated heterocycles. The van der Waals surface area contributed by atoms with E-state index in [0.717, 1.165) is 20.9 Å². The Labute approximate surface area is 135 Å². The van der Waals surface area contributed by atoms with Crippen LogP contribution < -0.4 is 5.32 Å². The van der Waals surface area contributed by atoms with Crippen molar-refractivity contribution < 1.29 is 4.79 Å². The van der Waals surface area contributed by atoms with Gasteiger partial charge in [0.1, 0.15) is 0 Å². The number of anilines is 1. The molecule has 0 radical (unpaired) electrons. The van der Waals surface area contributed by atoms with Crippen LogP contribution in [-0.2, 0) is 0 Å². The second kappa shape index (κ2) is 5.88. The minimum atomic E-state index is -0.176. The van der Waals surface area contributed by atoms with Crippen molar-refractivity contribution >= 4 is 49.9 Å². The summed E-state index contributed by atoms with van der Waals surface area (Å²) in [6.07, 6.45) is 0. The normalized spacial score (nSPS) is 10.6. The first-order chi connectivity index (χ1) is 10.1. The lowest BCUT2D eigenvalue weighted by Gasteiger charge is -2.10. The van der Waals surface area contributed by atoms with Crippen molar-refractivity contribution in [3.8, 4) is 0 Å². The summed E-state index contributed by atoms with van der Waals surface area (Å²) in [5.41, 5.74) is 1.31. The largest absolute Gasteiger partial charge is 0.321 e. The Hall–Kier alpha value is -1.84. The smallest absolute Gasteiger partial charge is 0.255 e. The molecule has 0 bridgehead atoms. The van der Waals surface area contributed by atoms with Gasteiger partial charge in [-0.2, -0.15) is 0 Å². The van der Waals surface area contributed by atoms with E-state index in [1.54, 1.807) is 24.3 Å². The molecule has 0 saturated carbocycles. The Morgan fingerprint density at radius 2 is 1.71 bits per heavy atom. The van der Waals surface area contributed by atoms with Crippen molar-refractivity contribution in [1.82, 2.24) is 0 Å². The molecule has 0 heterocycles. The average molecular weight is 361 g/mol. The molecule has 3 rings (SSSR count).